The van der Waals surface area contributed by atoms with Crippen molar-refractivity contribution in [1.82, 2.24) is 9.78 Å². The summed E-state index contributed by atoms with van der Waals surface area (Å²) in [5.41, 5.74) is 5.65. The molecule has 0 aliphatic rings. The molecular weight excluding hydrogens is 282 g/mol. The fraction of sp³-hybridized carbons (Fsp3) is 0.438. The number of carbonyl (C=O) groups excluding carboxylic acids is 1. The highest BCUT2D eigenvalue weighted by Gasteiger charge is 2.11. The zero-order valence-corrected chi connectivity index (χ0v) is 13.8. The van der Waals surface area contributed by atoms with Crippen molar-refractivity contribution in [1.29, 1.82) is 0 Å². The van der Waals surface area contributed by atoms with Crippen LogP contribution >= 0.6 is 0 Å². The van der Waals surface area contributed by atoms with Gasteiger partial charge >= 0.3 is 5.97 Å². The lowest BCUT2D eigenvalue weighted by molar-refractivity contribution is -0.142. The van der Waals surface area contributed by atoms with Gasteiger partial charge in [-0.05, 0) is 19.9 Å². The number of rotatable bonds is 5. The van der Waals surface area contributed by atoms with Crippen LogP contribution in [-0.4, -0.2) is 22.4 Å². The molecule has 0 aliphatic heterocycles. The molecular formula is C16H25N3O3. The summed E-state index contributed by atoms with van der Waals surface area (Å²) in [4.78, 5) is 23.7. The second-order valence-corrected chi connectivity index (χ2v) is 3.93. The van der Waals surface area contributed by atoms with Crippen molar-refractivity contribution in [3.05, 3.63) is 39.1 Å². The Bertz CT molecular complexity index is 675. The molecule has 6 nitrogen and oxygen atoms in total. The Labute approximate surface area is 130 Å². The third-order valence-electron chi connectivity index (χ3n) is 2.67. The van der Waals surface area contributed by atoms with E-state index in [9.17, 15) is 9.59 Å². The molecule has 0 spiro atoms. The highest BCUT2D eigenvalue weighted by molar-refractivity contribution is 5.72. The Morgan fingerprint density at radius 2 is 2.05 bits per heavy atom. The van der Waals surface area contributed by atoms with Crippen LogP contribution in [0.2, 0.25) is 0 Å². The number of allylic oxidation sites excluding steroid dienone is 1. The van der Waals surface area contributed by atoms with Crippen molar-refractivity contribution in [2.24, 2.45) is 5.73 Å². The molecule has 2 N–H and O–H groups in total. The van der Waals surface area contributed by atoms with Crippen LogP contribution in [0.3, 0.4) is 0 Å². The maximum atomic E-state index is 12.1. The molecule has 0 fully saturated rings. The molecule has 6 heteroatoms. The molecule has 0 atom stereocenters. The molecule has 1 rings (SSSR count). The molecule has 0 radical (unpaired) electrons. The normalized spacial score (nSPS) is 11.7. The molecule has 0 saturated heterocycles. The first kappa shape index (κ1) is 19.8. The Balaban J connectivity index is 0.00000211. The van der Waals surface area contributed by atoms with Gasteiger partial charge in [-0.1, -0.05) is 32.6 Å². The number of hydrogen-bond acceptors (Lipinski definition) is 5. The van der Waals surface area contributed by atoms with Crippen LogP contribution in [0.4, 0.5) is 0 Å². The lowest BCUT2D eigenvalue weighted by Gasteiger charge is -2.07. The van der Waals surface area contributed by atoms with Gasteiger partial charge in [-0.25, -0.2) is 4.68 Å². The molecule has 1 aromatic heterocycles. The van der Waals surface area contributed by atoms with Crippen molar-refractivity contribution < 1.29 is 9.53 Å². The van der Waals surface area contributed by atoms with Gasteiger partial charge in [0.1, 0.15) is 0 Å². The van der Waals surface area contributed by atoms with E-state index in [0.717, 1.165) is 4.68 Å². The third-order valence-corrected chi connectivity index (χ3v) is 2.67. The van der Waals surface area contributed by atoms with Gasteiger partial charge in [0, 0.05) is 5.22 Å². The summed E-state index contributed by atoms with van der Waals surface area (Å²) in [6, 6.07) is 0. The minimum absolute atomic E-state index is 0.00816. The van der Waals surface area contributed by atoms with Gasteiger partial charge in [-0.2, -0.15) is 5.10 Å². The fourth-order valence-corrected chi connectivity index (χ4v) is 1.86. The molecule has 122 valence electrons. The van der Waals surface area contributed by atoms with E-state index in [0.29, 0.717) is 22.7 Å². The molecule has 0 saturated carbocycles. The summed E-state index contributed by atoms with van der Waals surface area (Å²) in [5, 5.41) is 5.14. The SMILES string of the molecule is C=C/C=c1/c(=O)n(CN)nc(CC(=O)OCC)/c1=C/C.CC. The standard InChI is InChI=1S/C14H19N3O3.C2H6/c1-4-7-11-10(5-2)12(8-13(18)20-6-3)16-17(9-15)14(11)19;1-2/h4-5,7H,1,6,8-9,15H2,2-3H3;1-2H3/b10-5+,11-7+;. The lowest BCUT2D eigenvalue weighted by atomic mass is 10.2. The summed E-state index contributed by atoms with van der Waals surface area (Å²) in [7, 11) is 0. The van der Waals surface area contributed by atoms with Crippen molar-refractivity contribution in [3.63, 3.8) is 0 Å². The number of nitrogens with zero attached hydrogens (tertiary/aromatic N) is 2. The van der Waals surface area contributed by atoms with Crippen molar-refractivity contribution in [2.75, 3.05) is 6.61 Å². The predicted octanol–water partition coefficient (Wildman–Crippen LogP) is 0.0582. The predicted molar refractivity (Wildman–Crippen MR) is 88.4 cm³/mol. The van der Waals surface area contributed by atoms with Crippen LogP contribution in [0.1, 0.15) is 33.4 Å². The maximum absolute atomic E-state index is 12.1. The van der Waals surface area contributed by atoms with E-state index < -0.39 is 5.97 Å². The Morgan fingerprint density at radius 3 is 2.50 bits per heavy atom. The molecule has 1 aromatic rings. The van der Waals surface area contributed by atoms with Gasteiger partial charge in [-0.15, -0.1) is 0 Å². The summed E-state index contributed by atoms with van der Waals surface area (Å²) in [6.07, 6.45) is 4.82. The first-order valence-electron chi connectivity index (χ1n) is 7.33. The van der Waals surface area contributed by atoms with Gasteiger partial charge in [0.25, 0.3) is 5.56 Å². The second-order valence-electron chi connectivity index (χ2n) is 3.93. The number of esters is 1. The van der Waals surface area contributed by atoms with E-state index in [1.54, 1.807) is 26.0 Å². The van der Waals surface area contributed by atoms with E-state index in [1.165, 1.54) is 6.08 Å². The fourth-order valence-electron chi connectivity index (χ4n) is 1.86. The van der Waals surface area contributed by atoms with E-state index in [4.69, 9.17) is 10.5 Å². The van der Waals surface area contributed by atoms with Gasteiger partial charge in [-0.3, -0.25) is 9.59 Å². The summed E-state index contributed by atoms with van der Waals surface area (Å²) < 4.78 is 6.03. The van der Waals surface area contributed by atoms with Crippen LogP contribution in [0.15, 0.2) is 17.4 Å². The topological polar surface area (TPSA) is 87.2 Å². The molecule has 0 amide bonds. The number of hydrogen-bond donors (Lipinski definition) is 1. The second kappa shape index (κ2) is 10.5. The summed E-state index contributed by atoms with van der Waals surface area (Å²) in [5.74, 6) is -0.394. The Hall–Kier alpha value is -2.21. The van der Waals surface area contributed by atoms with E-state index in [-0.39, 0.29) is 18.6 Å². The Morgan fingerprint density at radius 1 is 1.41 bits per heavy atom. The van der Waals surface area contributed by atoms with Gasteiger partial charge in [0.2, 0.25) is 0 Å². The minimum Gasteiger partial charge on any atom is -0.466 e. The van der Waals surface area contributed by atoms with E-state index in [1.807, 2.05) is 13.8 Å². The summed E-state index contributed by atoms with van der Waals surface area (Å²) in [6.45, 7) is 11.3. The smallest absolute Gasteiger partial charge is 0.311 e. The van der Waals surface area contributed by atoms with Crippen LogP contribution in [-0.2, 0) is 22.6 Å². The van der Waals surface area contributed by atoms with E-state index >= 15 is 0 Å². The van der Waals surface area contributed by atoms with Crippen LogP contribution in [0.5, 0.6) is 0 Å². The highest BCUT2D eigenvalue weighted by Crippen LogP contribution is 1.89. The molecule has 0 unspecified atom stereocenters. The average molecular weight is 307 g/mol. The van der Waals surface area contributed by atoms with Gasteiger partial charge in [0.05, 0.1) is 30.6 Å². The Kier molecular flexibility index (Phi) is 9.45. The van der Waals surface area contributed by atoms with Gasteiger partial charge < -0.3 is 10.5 Å². The van der Waals surface area contributed by atoms with Crippen LogP contribution in [0, 0.1) is 0 Å². The van der Waals surface area contributed by atoms with Crippen LogP contribution < -0.4 is 21.7 Å². The highest BCUT2D eigenvalue weighted by atomic mass is 16.5. The van der Waals surface area contributed by atoms with Crippen molar-refractivity contribution in [2.45, 2.75) is 40.8 Å². The number of nitrogens with two attached hydrogens (primary N) is 1. The minimum atomic E-state index is -0.394. The van der Waals surface area contributed by atoms with E-state index in [2.05, 4.69) is 11.7 Å². The zero-order valence-electron chi connectivity index (χ0n) is 13.8. The monoisotopic (exact) mass is 307 g/mol. The largest absolute Gasteiger partial charge is 0.466 e. The van der Waals surface area contributed by atoms with Gasteiger partial charge in [0.15, 0.2) is 0 Å². The summed E-state index contributed by atoms with van der Waals surface area (Å²) >= 11 is 0. The average Bonchev–Trinajstić information content (AvgIpc) is 2.52. The first-order chi connectivity index (χ1) is 10.6. The number of ether oxygens (including phenoxy) is 1. The quantitative estimate of drug-likeness (QED) is 0.777. The molecule has 0 aliphatic carbocycles. The van der Waals surface area contributed by atoms with Crippen molar-refractivity contribution in [3.8, 4) is 0 Å². The molecule has 0 aromatic carbocycles. The van der Waals surface area contributed by atoms with Crippen LogP contribution in [0.25, 0.3) is 12.2 Å². The third kappa shape index (κ3) is 4.96. The van der Waals surface area contributed by atoms with Crippen molar-refractivity contribution >= 4 is 18.1 Å². The maximum Gasteiger partial charge on any atom is 0.311 e. The molecule has 22 heavy (non-hydrogen) atoms. The zero-order chi connectivity index (χ0) is 17.1. The first-order valence-corrected chi connectivity index (χ1v) is 7.33. The lowest BCUT2D eigenvalue weighted by Crippen LogP contribution is -2.49. The number of aromatic nitrogens is 2. The molecule has 0 bridgehead atoms. The number of carbonyl (C=O) groups is 1. The molecule has 1 heterocycles.